The molecule has 0 aliphatic heterocycles. The number of rotatable bonds is 8. The van der Waals surface area contributed by atoms with E-state index in [0.717, 1.165) is 28.2 Å². The maximum Gasteiger partial charge on any atom is 0.308 e. The van der Waals surface area contributed by atoms with Crippen LogP contribution in [0.3, 0.4) is 0 Å². The van der Waals surface area contributed by atoms with E-state index in [9.17, 15) is 13.2 Å². The Labute approximate surface area is 195 Å². The van der Waals surface area contributed by atoms with Gasteiger partial charge in [0.05, 0.1) is 28.8 Å². The fourth-order valence-electron chi connectivity index (χ4n) is 3.34. The van der Waals surface area contributed by atoms with Crippen LogP contribution in [0.25, 0.3) is 10.2 Å². The minimum absolute atomic E-state index is 0.139. The molecule has 166 valence electrons. The zero-order valence-corrected chi connectivity index (χ0v) is 19.6. The van der Waals surface area contributed by atoms with Crippen molar-refractivity contribution in [3.63, 3.8) is 0 Å². The molecule has 0 fully saturated rings. The first kappa shape index (κ1) is 22.5. The summed E-state index contributed by atoms with van der Waals surface area (Å²) in [4.78, 5) is 12.5. The van der Waals surface area contributed by atoms with E-state index in [1.165, 1.54) is 6.07 Å². The highest BCUT2D eigenvalue weighted by Gasteiger charge is 2.17. The molecule has 0 amide bonds. The van der Waals surface area contributed by atoms with Gasteiger partial charge in [-0.1, -0.05) is 47.2 Å². The van der Waals surface area contributed by atoms with E-state index in [-0.39, 0.29) is 16.3 Å². The van der Waals surface area contributed by atoms with Gasteiger partial charge in [0, 0.05) is 11.6 Å². The summed E-state index contributed by atoms with van der Waals surface area (Å²) in [6.45, 7) is 0.655. The molecule has 32 heavy (non-hydrogen) atoms. The van der Waals surface area contributed by atoms with Gasteiger partial charge < -0.3 is 4.74 Å². The van der Waals surface area contributed by atoms with E-state index in [2.05, 4.69) is 4.72 Å². The number of methoxy groups -OCH3 is 1. The minimum atomic E-state index is -3.70. The maximum absolute atomic E-state index is 12.8. The number of thiazole rings is 1. The number of benzene rings is 3. The Hall–Kier alpha value is -2.65. The topological polar surface area (TPSA) is 77.4 Å². The van der Waals surface area contributed by atoms with E-state index in [1.54, 1.807) is 35.9 Å². The first-order valence-electron chi connectivity index (χ1n) is 9.86. The molecule has 1 N–H and O–H groups in total. The Morgan fingerprint density at radius 1 is 1.00 bits per heavy atom. The normalized spacial score (nSPS) is 11.7. The minimum Gasteiger partial charge on any atom is -0.497 e. The summed E-state index contributed by atoms with van der Waals surface area (Å²) in [6, 6.07) is 19.5. The fourth-order valence-corrected chi connectivity index (χ4v) is 5.53. The van der Waals surface area contributed by atoms with Crippen LogP contribution in [0, 0.1) is 0 Å². The van der Waals surface area contributed by atoms with Gasteiger partial charge in [0.25, 0.3) is 0 Å². The molecular weight excluding hydrogens is 468 g/mol. The van der Waals surface area contributed by atoms with E-state index >= 15 is 0 Å². The van der Waals surface area contributed by atoms with Crippen molar-refractivity contribution in [2.75, 3.05) is 13.7 Å². The van der Waals surface area contributed by atoms with Crippen LogP contribution in [-0.4, -0.2) is 26.6 Å². The van der Waals surface area contributed by atoms with Crippen molar-refractivity contribution in [2.45, 2.75) is 17.9 Å². The molecule has 0 saturated carbocycles. The molecule has 0 aliphatic rings. The van der Waals surface area contributed by atoms with E-state index in [0.29, 0.717) is 28.2 Å². The zero-order chi connectivity index (χ0) is 22.7. The van der Waals surface area contributed by atoms with E-state index in [4.69, 9.17) is 16.3 Å². The van der Waals surface area contributed by atoms with Crippen molar-refractivity contribution in [1.82, 2.24) is 9.29 Å². The molecule has 0 spiro atoms. The number of hydrogen-bond donors (Lipinski definition) is 1. The molecule has 1 heterocycles. The second-order valence-corrected chi connectivity index (χ2v) is 10.4. The third-order valence-electron chi connectivity index (χ3n) is 5.07. The second kappa shape index (κ2) is 9.46. The molecule has 6 nitrogen and oxygen atoms in total. The predicted octanol–water partition coefficient (Wildman–Crippen LogP) is 4.29. The van der Waals surface area contributed by atoms with Gasteiger partial charge in [-0.15, -0.1) is 0 Å². The second-order valence-electron chi connectivity index (χ2n) is 7.21. The molecular formula is C23H21ClN2O4S2. The highest BCUT2D eigenvalue weighted by Crippen LogP contribution is 2.23. The lowest BCUT2D eigenvalue weighted by Gasteiger charge is -2.08. The summed E-state index contributed by atoms with van der Waals surface area (Å²) in [5.41, 5.74) is 2.64. The molecule has 9 heteroatoms. The van der Waals surface area contributed by atoms with E-state index in [1.807, 2.05) is 36.4 Å². The highest BCUT2D eigenvalue weighted by molar-refractivity contribution is 7.89. The molecule has 0 radical (unpaired) electrons. The predicted molar refractivity (Wildman–Crippen MR) is 129 cm³/mol. The Morgan fingerprint density at radius 3 is 2.38 bits per heavy atom. The van der Waals surface area contributed by atoms with Crippen LogP contribution in [0.2, 0.25) is 5.02 Å². The number of hydrogen-bond acceptors (Lipinski definition) is 5. The fraction of sp³-hybridized carbons (Fsp3) is 0.174. The summed E-state index contributed by atoms with van der Waals surface area (Å²) in [5, 5.41) is 0.630. The number of fused-ring (bicyclic) bond motifs is 1. The molecule has 0 aliphatic carbocycles. The smallest absolute Gasteiger partial charge is 0.308 e. The molecule has 0 unspecified atom stereocenters. The van der Waals surface area contributed by atoms with Crippen LogP contribution in [-0.2, 0) is 23.0 Å². The average molecular weight is 489 g/mol. The lowest BCUT2D eigenvalue weighted by molar-refractivity contribution is 0.414. The summed E-state index contributed by atoms with van der Waals surface area (Å²) in [6.07, 6.45) is 0.552. The quantitative estimate of drug-likeness (QED) is 0.401. The average Bonchev–Trinajstić information content (AvgIpc) is 3.10. The van der Waals surface area contributed by atoms with Gasteiger partial charge >= 0.3 is 4.87 Å². The van der Waals surface area contributed by atoms with Crippen LogP contribution < -0.4 is 14.3 Å². The molecule has 4 aromatic rings. The van der Waals surface area contributed by atoms with E-state index < -0.39 is 10.0 Å². The van der Waals surface area contributed by atoms with Crippen molar-refractivity contribution in [2.24, 2.45) is 0 Å². The highest BCUT2D eigenvalue weighted by atomic mass is 35.5. The van der Waals surface area contributed by atoms with Crippen molar-refractivity contribution >= 4 is 43.2 Å². The number of halogens is 1. The number of nitrogens with one attached hydrogen (secondary N) is 1. The van der Waals surface area contributed by atoms with Gasteiger partial charge in [-0.3, -0.25) is 9.36 Å². The summed E-state index contributed by atoms with van der Waals surface area (Å²) >= 11 is 6.96. The first-order valence-corrected chi connectivity index (χ1v) is 12.5. The first-order chi connectivity index (χ1) is 15.4. The summed E-state index contributed by atoms with van der Waals surface area (Å²) < 4.78 is 35.5. The molecule has 4 rings (SSSR count). The molecule has 0 atom stereocenters. The van der Waals surface area contributed by atoms with Crippen molar-refractivity contribution < 1.29 is 13.2 Å². The van der Waals surface area contributed by atoms with Crippen LogP contribution in [0.1, 0.15) is 11.1 Å². The Bertz CT molecular complexity index is 1390. The summed E-state index contributed by atoms with van der Waals surface area (Å²) in [7, 11) is -2.10. The van der Waals surface area contributed by atoms with Gasteiger partial charge in [-0.25, -0.2) is 13.1 Å². The standard InChI is InChI=1S/C23H21ClN2O4S2/c1-30-19-8-4-16(5-9-19)12-13-25-32(28,29)20-10-11-21-22(14-20)31-23(27)26(21)15-17-2-6-18(24)7-3-17/h2-11,14,25H,12-13,15H2,1H3. The maximum atomic E-state index is 12.8. The lowest BCUT2D eigenvalue weighted by Crippen LogP contribution is -2.26. The van der Waals surface area contributed by atoms with Crippen LogP contribution in [0.15, 0.2) is 76.4 Å². The number of ether oxygens (including phenoxy) is 1. The molecule has 1 aromatic heterocycles. The van der Waals surface area contributed by atoms with Crippen molar-refractivity contribution in [1.29, 1.82) is 0 Å². The largest absolute Gasteiger partial charge is 0.497 e. The number of nitrogens with zero attached hydrogens (tertiary/aromatic N) is 1. The van der Waals surface area contributed by atoms with Gasteiger partial charge in [0.1, 0.15) is 5.75 Å². The number of sulfonamides is 1. The SMILES string of the molecule is COc1ccc(CCNS(=O)(=O)c2ccc3c(c2)sc(=O)n3Cc2ccc(Cl)cc2)cc1. The van der Waals surface area contributed by atoms with Crippen molar-refractivity contribution in [3.8, 4) is 5.75 Å². The van der Waals surface area contributed by atoms with Crippen molar-refractivity contribution in [3.05, 3.63) is 92.5 Å². The van der Waals surface area contributed by atoms with Gasteiger partial charge in [0.2, 0.25) is 10.0 Å². The van der Waals surface area contributed by atoms with Gasteiger partial charge in [-0.05, 0) is 60.0 Å². The molecule has 3 aromatic carbocycles. The number of aromatic nitrogens is 1. The third-order valence-corrected chi connectivity index (χ3v) is 7.72. The third kappa shape index (κ3) is 5.05. The molecule has 0 bridgehead atoms. The lowest BCUT2D eigenvalue weighted by atomic mass is 10.1. The zero-order valence-electron chi connectivity index (χ0n) is 17.2. The van der Waals surface area contributed by atoms with Crippen LogP contribution in [0.5, 0.6) is 5.75 Å². The Balaban J connectivity index is 1.49. The monoisotopic (exact) mass is 488 g/mol. The van der Waals surface area contributed by atoms with Gasteiger partial charge in [0.15, 0.2) is 0 Å². The summed E-state index contributed by atoms with van der Waals surface area (Å²) in [5.74, 6) is 0.754. The van der Waals surface area contributed by atoms with Crippen LogP contribution >= 0.6 is 22.9 Å². The Kier molecular flexibility index (Phi) is 6.66. The Morgan fingerprint density at radius 2 is 1.69 bits per heavy atom. The van der Waals surface area contributed by atoms with Gasteiger partial charge in [-0.2, -0.15) is 0 Å². The van der Waals surface area contributed by atoms with Crippen LogP contribution in [0.4, 0.5) is 0 Å². The molecule has 0 saturated heterocycles.